The Hall–Kier alpha value is -1.75. The van der Waals surface area contributed by atoms with Gasteiger partial charge in [0.15, 0.2) is 0 Å². The van der Waals surface area contributed by atoms with Gasteiger partial charge in [0, 0.05) is 23.8 Å². The number of likely N-dealkylation sites (tertiary alicyclic amines) is 1. The van der Waals surface area contributed by atoms with Gasteiger partial charge in [0.25, 0.3) is 0 Å². The summed E-state index contributed by atoms with van der Waals surface area (Å²) in [5.74, 6) is -0.567. The molecule has 1 heterocycles. The van der Waals surface area contributed by atoms with Crippen molar-refractivity contribution in [2.45, 2.75) is 12.8 Å². The van der Waals surface area contributed by atoms with Crippen molar-refractivity contribution in [3.05, 3.63) is 29.3 Å². The van der Waals surface area contributed by atoms with Crippen LogP contribution in [-0.4, -0.2) is 36.3 Å². The number of rotatable bonds is 4. The average Bonchev–Trinajstić information content (AvgIpc) is 2.46. The fourth-order valence-corrected chi connectivity index (χ4v) is 2.42. The van der Waals surface area contributed by atoms with E-state index in [0.717, 1.165) is 18.5 Å². The number of primary amides is 1. The van der Waals surface area contributed by atoms with Crippen LogP contribution in [0.4, 0.5) is 5.69 Å². The second-order valence-corrected chi connectivity index (χ2v) is 5.38. The molecule has 20 heavy (non-hydrogen) atoms. The molecule has 1 aliphatic rings. The molecule has 1 aromatic carbocycles. The number of nitrogens with zero attached hydrogens (tertiary/aromatic N) is 1. The molecular formula is C14H18ClN3O2. The number of benzene rings is 1. The van der Waals surface area contributed by atoms with Gasteiger partial charge in [-0.25, -0.2) is 0 Å². The first-order valence-electron chi connectivity index (χ1n) is 6.63. The molecule has 1 aromatic rings. The van der Waals surface area contributed by atoms with Gasteiger partial charge in [-0.05, 0) is 37.1 Å². The quantitative estimate of drug-likeness (QED) is 0.883. The largest absolute Gasteiger partial charge is 0.376 e. The van der Waals surface area contributed by atoms with Crippen LogP contribution < -0.4 is 11.1 Å². The van der Waals surface area contributed by atoms with Crippen LogP contribution in [0.15, 0.2) is 24.3 Å². The number of halogens is 1. The van der Waals surface area contributed by atoms with Crippen molar-refractivity contribution in [3.8, 4) is 0 Å². The molecule has 6 heteroatoms. The molecule has 108 valence electrons. The Kier molecular flexibility index (Phi) is 4.84. The zero-order valence-corrected chi connectivity index (χ0v) is 11.9. The van der Waals surface area contributed by atoms with Crippen LogP contribution in [0.2, 0.25) is 5.02 Å². The van der Waals surface area contributed by atoms with Gasteiger partial charge in [-0.3, -0.25) is 9.59 Å². The van der Waals surface area contributed by atoms with Gasteiger partial charge in [0.2, 0.25) is 11.8 Å². The number of piperidine rings is 1. The summed E-state index contributed by atoms with van der Waals surface area (Å²) in [5.41, 5.74) is 6.14. The number of amides is 2. The van der Waals surface area contributed by atoms with E-state index in [0.29, 0.717) is 18.1 Å². The van der Waals surface area contributed by atoms with Crippen molar-refractivity contribution in [2.75, 3.05) is 25.0 Å². The Balaban J connectivity index is 1.85. The SMILES string of the molecule is NC(=O)C1CCCN(C(=O)CNc2ccc(Cl)cc2)C1. The van der Waals surface area contributed by atoms with Crippen LogP contribution in [0.1, 0.15) is 12.8 Å². The van der Waals surface area contributed by atoms with Crippen molar-refractivity contribution < 1.29 is 9.59 Å². The predicted molar refractivity (Wildman–Crippen MR) is 78.4 cm³/mol. The third-order valence-corrected chi connectivity index (χ3v) is 3.72. The van der Waals surface area contributed by atoms with Crippen LogP contribution in [0.3, 0.4) is 0 Å². The Bertz CT molecular complexity index is 490. The van der Waals surface area contributed by atoms with Gasteiger partial charge in [-0.2, -0.15) is 0 Å². The fraction of sp³-hybridized carbons (Fsp3) is 0.429. The van der Waals surface area contributed by atoms with Gasteiger partial charge < -0.3 is 16.0 Å². The molecule has 1 fully saturated rings. The molecule has 1 unspecified atom stereocenters. The van der Waals surface area contributed by atoms with Crippen LogP contribution in [0.5, 0.6) is 0 Å². The molecular weight excluding hydrogens is 278 g/mol. The number of hydrogen-bond acceptors (Lipinski definition) is 3. The van der Waals surface area contributed by atoms with Crippen molar-refractivity contribution in [3.63, 3.8) is 0 Å². The van der Waals surface area contributed by atoms with Crippen LogP contribution >= 0.6 is 11.6 Å². The van der Waals surface area contributed by atoms with Gasteiger partial charge in [-0.15, -0.1) is 0 Å². The molecule has 1 atom stereocenters. The minimum atomic E-state index is -0.326. The maximum Gasteiger partial charge on any atom is 0.241 e. The van der Waals surface area contributed by atoms with E-state index in [1.807, 2.05) is 12.1 Å². The summed E-state index contributed by atoms with van der Waals surface area (Å²) in [4.78, 5) is 25.0. The van der Waals surface area contributed by atoms with E-state index in [-0.39, 0.29) is 24.3 Å². The highest BCUT2D eigenvalue weighted by Crippen LogP contribution is 2.17. The Labute approximate surface area is 123 Å². The standard InChI is InChI=1S/C14H18ClN3O2/c15-11-3-5-12(6-4-11)17-8-13(19)18-7-1-2-10(9-18)14(16)20/h3-6,10,17H,1-2,7-9H2,(H2,16,20). The maximum atomic E-state index is 12.1. The summed E-state index contributed by atoms with van der Waals surface area (Å²) in [6, 6.07) is 7.16. The van der Waals surface area contributed by atoms with Crippen LogP contribution in [-0.2, 0) is 9.59 Å². The smallest absolute Gasteiger partial charge is 0.241 e. The summed E-state index contributed by atoms with van der Waals surface area (Å²) in [7, 11) is 0. The van der Waals surface area contributed by atoms with Crippen LogP contribution in [0.25, 0.3) is 0 Å². The highest BCUT2D eigenvalue weighted by molar-refractivity contribution is 6.30. The molecule has 0 saturated carbocycles. The molecule has 3 N–H and O–H groups in total. The number of carbonyl (C=O) groups excluding carboxylic acids is 2. The summed E-state index contributed by atoms with van der Waals surface area (Å²) >= 11 is 5.80. The van der Waals surface area contributed by atoms with Gasteiger partial charge in [-0.1, -0.05) is 11.6 Å². The average molecular weight is 296 g/mol. The highest BCUT2D eigenvalue weighted by atomic mass is 35.5. The second-order valence-electron chi connectivity index (χ2n) is 4.94. The molecule has 0 aliphatic carbocycles. The Morgan fingerprint density at radius 2 is 2.05 bits per heavy atom. The molecule has 0 radical (unpaired) electrons. The number of nitrogens with one attached hydrogen (secondary N) is 1. The topological polar surface area (TPSA) is 75.4 Å². The monoisotopic (exact) mass is 295 g/mol. The van der Waals surface area contributed by atoms with E-state index in [1.165, 1.54) is 0 Å². The van der Waals surface area contributed by atoms with Crippen molar-refractivity contribution in [1.82, 2.24) is 4.90 Å². The number of anilines is 1. The molecule has 2 rings (SSSR count). The molecule has 1 aliphatic heterocycles. The predicted octanol–water partition coefficient (Wildman–Crippen LogP) is 1.48. The minimum absolute atomic E-state index is 0.0223. The molecule has 1 saturated heterocycles. The van der Waals surface area contributed by atoms with E-state index in [2.05, 4.69) is 5.32 Å². The lowest BCUT2D eigenvalue weighted by molar-refractivity contribution is -0.133. The minimum Gasteiger partial charge on any atom is -0.376 e. The lowest BCUT2D eigenvalue weighted by Crippen LogP contribution is -2.45. The third kappa shape index (κ3) is 3.87. The maximum absolute atomic E-state index is 12.1. The van der Waals surface area contributed by atoms with E-state index in [4.69, 9.17) is 17.3 Å². The van der Waals surface area contributed by atoms with E-state index in [9.17, 15) is 9.59 Å². The Morgan fingerprint density at radius 3 is 2.70 bits per heavy atom. The molecule has 0 spiro atoms. The zero-order chi connectivity index (χ0) is 14.5. The normalized spacial score (nSPS) is 18.6. The van der Waals surface area contributed by atoms with Gasteiger partial charge in [0.05, 0.1) is 12.5 Å². The summed E-state index contributed by atoms with van der Waals surface area (Å²) in [5, 5.41) is 3.70. The van der Waals surface area contributed by atoms with Crippen LogP contribution in [0, 0.1) is 5.92 Å². The zero-order valence-electron chi connectivity index (χ0n) is 11.1. The number of carbonyl (C=O) groups is 2. The second kappa shape index (κ2) is 6.61. The van der Waals surface area contributed by atoms with Gasteiger partial charge in [0.1, 0.15) is 0 Å². The first-order chi connectivity index (χ1) is 9.56. The van der Waals surface area contributed by atoms with E-state index in [1.54, 1.807) is 17.0 Å². The van der Waals surface area contributed by atoms with Gasteiger partial charge >= 0.3 is 0 Å². The first kappa shape index (κ1) is 14.7. The third-order valence-electron chi connectivity index (χ3n) is 3.46. The number of hydrogen-bond donors (Lipinski definition) is 2. The molecule has 0 aromatic heterocycles. The molecule has 2 amide bonds. The summed E-state index contributed by atoms with van der Waals surface area (Å²) in [6.45, 7) is 1.31. The fourth-order valence-electron chi connectivity index (χ4n) is 2.29. The first-order valence-corrected chi connectivity index (χ1v) is 7.00. The van der Waals surface area contributed by atoms with E-state index < -0.39 is 0 Å². The highest BCUT2D eigenvalue weighted by Gasteiger charge is 2.26. The van der Waals surface area contributed by atoms with Crippen molar-refractivity contribution in [1.29, 1.82) is 0 Å². The van der Waals surface area contributed by atoms with Crippen molar-refractivity contribution in [2.24, 2.45) is 11.7 Å². The molecule has 5 nitrogen and oxygen atoms in total. The Morgan fingerprint density at radius 1 is 1.35 bits per heavy atom. The lowest BCUT2D eigenvalue weighted by Gasteiger charge is -2.31. The summed E-state index contributed by atoms with van der Waals surface area (Å²) in [6.07, 6.45) is 1.59. The van der Waals surface area contributed by atoms with E-state index >= 15 is 0 Å². The lowest BCUT2D eigenvalue weighted by atomic mass is 9.97. The number of nitrogens with two attached hydrogens (primary N) is 1. The van der Waals surface area contributed by atoms with Crippen molar-refractivity contribution >= 4 is 29.1 Å². The molecule has 0 bridgehead atoms. The summed E-state index contributed by atoms with van der Waals surface area (Å²) < 4.78 is 0.